The Morgan fingerprint density at radius 1 is 1.10 bits per heavy atom. The van der Waals surface area contributed by atoms with E-state index in [1.165, 1.54) is 5.56 Å². The molecule has 0 saturated heterocycles. The molecule has 5 nitrogen and oxygen atoms in total. The molecule has 0 spiro atoms. The van der Waals surface area contributed by atoms with E-state index in [1.54, 1.807) is 14.2 Å². The Morgan fingerprint density at radius 3 is 2.48 bits per heavy atom. The largest absolute Gasteiger partial charge is 0.493 e. The van der Waals surface area contributed by atoms with Crippen molar-refractivity contribution in [3.63, 3.8) is 0 Å². The van der Waals surface area contributed by atoms with Gasteiger partial charge in [-0.1, -0.05) is 36.8 Å². The summed E-state index contributed by atoms with van der Waals surface area (Å²) in [7, 11) is 3.30. The maximum Gasteiger partial charge on any atom is 0.223 e. The Bertz CT molecular complexity index is 868. The van der Waals surface area contributed by atoms with Crippen LogP contribution in [0.3, 0.4) is 0 Å². The predicted octanol–water partition coefficient (Wildman–Crippen LogP) is 3.70. The SMILES string of the molecule is COc1cc2c(cc1OC)C(c1ccccc1)N(C(=O)C[C@@H]1CCC[C@H]1N)CC2. The summed E-state index contributed by atoms with van der Waals surface area (Å²) < 4.78 is 11.1. The molecule has 1 aliphatic carbocycles. The normalized spacial score (nSPS) is 23.6. The second-order valence-electron chi connectivity index (χ2n) is 8.12. The van der Waals surface area contributed by atoms with Crippen LogP contribution < -0.4 is 15.2 Å². The first-order valence-electron chi connectivity index (χ1n) is 10.5. The third-order valence-corrected chi connectivity index (χ3v) is 6.46. The smallest absolute Gasteiger partial charge is 0.223 e. The van der Waals surface area contributed by atoms with Crippen LogP contribution in [0.5, 0.6) is 11.5 Å². The molecular formula is C24H30N2O3. The van der Waals surface area contributed by atoms with E-state index in [4.69, 9.17) is 15.2 Å². The lowest BCUT2D eigenvalue weighted by molar-refractivity contribution is -0.134. The first-order valence-corrected chi connectivity index (χ1v) is 10.5. The van der Waals surface area contributed by atoms with Crippen LogP contribution in [0.25, 0.3) is 0 Å². The van der Waals surface area contributed by atoms with E-state index >= 15 is 0 Å². The third kappa shape index (κ3) is 3.84. The zero-order chi connectivity index (χ0) is 20.4. The van der Waals surface area contributed by atoms with Gasteiger partial charge in [0.25, 0.3) is 0 Å². The van der Waals surface area contributed by atoms with Crippen LogP contribution in [0.1, 0.15) is 48.4 Å². The highest BCUT2D eigenvalue weighted by atomic mass is 16.5. The molecule has 3 atom stereocenters. The molecule has 0 aromatic heterocycles. The standard InChI is InChI=1S/C24H30N2O3/c1-28-21-13-17-11-12-26(23(27)14-18-9-6-10-20(18)25)24(16-7-4-3-5-8-16)19(17)15-22(21)29-2/h3-5,7-8,13,15,18,20,24H,6,9-12,14,25H2,1-2H3/t18-,20+,24?/m0/s1. The van der Waals surface area contributed by atoms with Gasteiger partial charge in [-0.25, -0.2) is 0 Å². The number of nitrogens with zero attached hydrogens (tertiary/aromatic N) is 1. The van der Waals surface area contributed by atoms with Crippen LogP contribution in [0.4, 0.5) is 0 Å². The van der Waals surface area contributed by atoms with Crippen LogP contribution in [-0.4, -0.2) is 37.6 Å². The summed E-state index contributed by atoms with van der Waals surface area (Å²) in [6, 6.07) is 14.4. The average molecular weight is 395 g/mol. The number of hydrogen-bond donors (Lipinski definition) is 1. The van der Waals surface area contributed by atoms with Gasteiger partial charge >= 0.3 is 0 Å². The van der Waals surface area contributed by atoms with E-state index in [1.807, 2.05) is 29.2 Å². The van der Waals surface area contributed by atoms with E-state index in [9.17, 15) is 4.79 Å². The Balaban J connectivity index is 1.72. The summed E-state index contributed by atoms with van der Waals surface area (Å²) in [5.74, 6) is 1.92. The monoisotopic (exact) mass is 394 g/mol. The molecule has 1 saturated carbocycles. The van der Waals surface area contributed by atoms with Gasteiger partial charge in [0, 0.05) is 19.0 Å². The highest BCUT2D eigenvalue weighted by Gasteiger charge is 2.35. The topological polar surface area (TPSA) is 64.8 Å². The molecule has 1 unspecified atom stereocenters. The van der Waals surface area contributed by atoms with Crippen LogP contribution >= 0.6 is 0 Å². The van der Waals surface area contributed by atoms with Crippen molar-refractivity contribution in [2.24, 2.45) is 11.7 Å². The molecule has 1 amide bonds. The van der Waals surface area contributed by atoms with Gasteiger partial charge in [-0.05, 0) is 54.0 Å². The van der Waals surface area contributed by atoms with Crippen LogP contribution in [-0.2, 0) is 11.2 Å². The quantitative estimate of drug-likeness (QED) is 0.840. The van der Waals surface area contributed by atoms with Gasteiger partial charge in [0.05, 0.1) is 20.3 Å². The second kappa shape index (κ2) is 8.46. The fourth-order valence-corrected chi connectivity index (χ4v) is 4.87. The number of rotatable bonds is 5. The van der Waals surface area contributed by atoms with Crippen LogP contribution in [0.15, 0.2) is 42.5 Å². The minimum absolute atomic E-state index is 0.120. The Labute approximate surface area is 172 Å². The predicted molar refractivity (Wildman–Crippen MR) is 113 cm³/mol. The lowest BCUT2D eigenvalue weighted by Gasteiger charge is -2.39. The summed E-state index contributed by atoms with van der Waals surface area (Å²) in [6.07, 6.45) is 4.55. The molecule has 2 aromatic rings. The molecule has 2 aromatic carbocycles. The number of hydrogen-bond acceptors (Lipinski definition) is 4. The molecule has 2 N–H and O–H groups in total. The van der Waals surface area contributed by atoms with Crippen molar-refractivity contribution in [1.29, 1.82) is 0 Å². The molecule has 29 heavy (non-hydrogen) atoms. The maximum atomic E-state index is 13.4. The van der Waals surface area contributed by atoms with Gasteiger partial charge in [0.2, 0.25) is 5.91 Å². The van der Waals surface area contributed by atoms with Gasteiger partial charge < -0.3 is 20.1 Å². The van der Waals surface area contributed by atoms with Crippen molar-refractivity contribution in [2.75, 3.05) is 20.8 Å². The fraction of sp³-hybridized carbons (Fsp3) is 0.458. The van der Waals surface area contributed by atoms with Crippen molar-refractivity contribution in [3.05, 3.63) is 59.2 Å². The third-order valence-electron chi connectivity index (χ3n) is 6.46. The number of ether oxygens (including phenoxy) is 2. The minimum atomic E-state index is -0.120. The number of methoxy groups -OCH3 is 2. The lowest BCUT2D eigenvalue weighted by Crippen LogP contribution is -2.42. The highest BCUT2D eigenvalue weighted by Crippen LogP contribution is 2.41. The number of carbonyl (C=O) groups excluding carboxylic acids is 1. The van der Waals surface area contributed by atoms with Crippen molar-refractivity contribution >= 4 is 5.91 Å². The summed E-state index contributed by atoms with van der Waals surface area (Å²) >= 11 is 0. The van der Waals surface area contributed by atoms with Gasteiger partial charge in [-0.2, -0.15) is 0 Å². The molecule has 0 bridgehead atoms. The van der Waals surface area contributed by atoms with Crippen molar-refractivity contribution < 1.29 is 14.3 Å². The van der Waals surface area contributed by atoms with Crippen molar-refractivity contribution in [1.82, 2.24) is 4.90 Å². The molecule has 5 heteroatoms. The maximum absolute atomic E-state index is 13.4. The number of fused-ring (bicyclic) bond motifs is 1. The van der Waals surface area contributed by atoms with Crippen LogP contribution in [0, 0.1) is 5.92 Å². The lowest BCUT2D eigenvalue weighted by atomic mass is 9.86. The molecule has 0 radical (unpaired) electrons. The van der Waals surface area contributed by atoms with Crippen LogP contribution in [0.2, 0.25) is 0 Å². The second-order valence-corrected chi connectivity index (χ2v) is 8.12. The molecule has 1 fully saturated rings. The molecule has 2 aliphatic rings. The molecule has 4 rings (SSSR count). The number of carbonyl (C=O) groups is 1. The van der Waals surface area contributed by atoms with Gasteiger partial charge in [-0.3, -0.25) is 4.79 Å². The van der Waals surface area contributed by atoms with E-state index in [0.29, 0.717) is 24.6 Å². The summed E-state index contributed by atoms with van der Waals surface area (Å²) in [5.41, 5.74) is 9.68. The number of nitrogens with two attached hydrogens (primary N) is 1. The summed E-state index contributed by atoms with van der Waals surface area (Å²) in [6.45, 7) is 0.697. The number of benzene rings is 2. The van der Waals surface area contributed by atoms with Crippen molar-refractivity contribution in [3.8, 4) is 11.5 Å². The average Bonchev–Trinajstić information content (AvgIpc) is 3.16. The first-order chi connectivity index (χ1) is 14.1. The molecule has 1 heterocycles. The minimum Gasteiger partial charge on any atom is -0.493 e. The first kappa shape index (κ1) is 19.8. The van der Waals surface area contributed by atoms with Gasteiger partial charge in [0.15, 0.2) is 11.5 Å². The fourth-order valence-electron chi connectivity index (χ4n) is 4.87. The zero-order valence-corrected chi connectivity index (χ0v) is 17.3. The molecule has 1 aliphatic heterocycles. The molecule has 154 valence electrons. The van der Waals surface area contributed by atoms with Gasteiger partial charge in [0.1, 0.15) is 0 Å². The molecular weight excluding hydrogens is 364 g/mol. The van der Waals surface area contributed by atoms with E-state index in [-0.39, 0.29) is 18.0 Å². The highest BCUT2D eigenvalue weighted by molar-refractivity contribution is 5.78. The van der Waals surface area contributed by atoms with E-state index in [2.05, 4.69) is 18.2 Å². The summed E-state index contributed by atoms with van der Waals surface area (Å²) in [4.78, 5) is 15.4. The number of amides is 1. The Kier molecular flexibility index (Phi) is 5.76. The van der Waals surface area contributed by atoms with E-state index in [0.717, 1.165) is 42.6 Å². The Hall–Kier alpha value is -2.53. The zero-order valence-electron chi connectivity index (χ0n) is 17.3. The van der Waals surface area contributed by atoms with Gasteiger partial charge in [-0.15, -0.1) is 0 Å². The van der Waals surface area contributed by atoms with Crippen molar-refractivity contribution in [2.45, 2.75) is 44.2 Å². The summed E-state index contributed by atoms with van der Waals surface area (Å²) in [5, 5.41) is 0. The van der Waals surface area contributed by atoms with E-state index < -0.39 is 0 Å². The Morgan fingerprint density at radius 2 is 1.83 bits per heavy atom.